The van der Waals surface area contributed by atoms with Gasteiger partial charge in [0.1, 0.15) is 5.75 Å². The van der Waals surface area contributed by atoms with E-state index in [0.29, 0.717) is 18.8 Å². The second-order valence-electron chi connectivity index (χ2n) is 5.04. The maximum atomic E-state index is 12.2. The van der Waals surface area contributed by atoms with E-state index in [9.17, 15) is 13.2 Å². The minimum atomic E-state index is -3.69. The number of hydrogen-bond donors (Lipinski definition) is 1. The van der Waals surface area contributed by atoms with Crippen LogP contribution in [0.2, 0.25) is 0 Å². The molecule has 1 fully saturated rings. The first-order chi connectivity index (χ1) is 9.94. The number of amides is 1. The molecule has 1 saturated heterocycles. The van der Waals surface area contributed by atoms with Gasteiger partial charge in [-0.1, -0.05) is 0 Å². The van der Waals surface area contributed by atoms with Gasteiger partial charge in [0.05, 0.1) is 18.6 Å². The summed E-state index contributed by atoms with van der Waals surface area (Å²) >= 11 is 0. The summed E-state index contributed by atoms with van der Waals surface area (Å²) in [6, 6.07) is 4.60. The van der Waals surface area contributed by atoms with Crippen LogP contribution < -0.4 is 9.46 Å². The number of benzene rings is 1. The highest BCUT2D eigenvalue weighted by atomic mass is 32.2. The van der Waals surface area contributed by atoms with E-state index in [1.807, 2.05) is 0 Å². The lowest BCUT2D eigenvalue weighted by molar-refractivity contribution is -0.128. The Kier molecular flexibility index (Phi) is 4.84. The van der Waals surface area contributed by atoms with E-state index in [0.717, 1.165) is 18.4 Å². The van der Waals surface area contributed by atoms with E-state index in [-0.39, 0.29) is 17.3 Å². The highest BCUT2D eigenvalue weighted by molar-refractivity contribution is 7.89. The fourth-order valence-corrected chi connectivity index (χ4v) is 3.40. The van der Waals surface area contributed by atoms with Gasteiger partial charge in [-0.2, -0.15) is 0 Å². The highest BCUT2D eigenvalue weighted by Crippen LogP contribution is 2.21. The topological polar surface area (TPSA) is 75.7 Å². The molecule has 2 rings (SSSR count). The van der Waals surface area contributed by atoms with Crippen molar-refractivity contribution in [1.82, 2.24) is 9.62 Å². The minimum Gasteiger partial charge on any atom is -0.496 e. The van der Waals surface area contributed by atoms with Gasteiger partial charge in [-0.05, 0) is 43.5 Å². The first kappa shape index (κ1) is 15.8. The van der Waals surface area contributed by atoms with Crippen LogP contribution in [0.25, 0.3) is 0 Å². The van der Waals surface area contributed by atoms with Crippen molar-refractivity contribution in [1.29, 1.82) is 0 Å². The minimum absolute atomic E-state index is 0.134. The zero-order chi connectivity index (χ0) is 15.5. The number of sulfonamides is 1. The summed E-state index contributed by atoms with van der Waals surface area (Å²) in [6.45, 7) is 2.99. The SMILES string of the molecule is COc1ccc(S(=O)(=O)NCC(=O)N2CCCC2)cc1C. The monoisotopic (exact) mass is 312 g/mol. The van der Waals surface area contributed by atoms with Gasteiger partial charge in [0.15, 0.2) is 0 Å². The van der Waals surface area contributed by atoms with Gasteiger partial charge >= 0.3 is 0 Å². The van der Waals surface area contributed by atoms with Crippen LogP contribution in [0, 0.1) is 6.92 Å². The van der Waals surface area contributed by atoms with Gasteiger partial charge in [0.2, 0.25) is 15.9 Å². The molecule has 1 N–H and O–H groups in total. The van der Waals surface area contributed by atoms with E-state index >= 15 is 0 Å². The molecule has 7 heteroatoms. The average Bonchev–Trinajstić information content (AvgIpc) is 2.99. The average molecular weight is 312 g/mol. The van der Waals surface area contributed by atoms with Crippen molar-refractivity contribution in [2.75, 3.05) is 26.7 Å². The van der Waals surface area contributed by atoms with Crippen molar-refractivity contribution in [3.05, 3.63) is 23.8 Å². The molecule has 0 atom stereocenters. The molecule has 1 heterocycles. The summed E-state index contributed by atoms with van der Waals surface area (Å²) in [5, 5.41) is 0. The molecule has 0 unspecified atom stereocenters. The van der Waals surface area contributed by atoms with Crippen molar-refractivity contribution in [3.63, 3.8) is 0 Å². The molecular formula is C14H20N2O4S. The Labute approximate surface area is 125 Å². The van der Waals surface area contributed by atoms with Gasteiger partial charge in [-0.15, -0.1) is 0 Å². The number of methoxy groups -OCH3 is 1. The summed E-state index contributed by atoms with van der Waals surface area (Å²) < 4.78 is 31.8. The Morgan fingerprint density at radius 1 is 1.33 bits per heavy atom. The number of carbonyl (C=O) groups excluding carboxylic acids is 1. The van der Waals surface area contributed by atoms with E-state index < -0.39 is 10.0 Å². The Morgan fingerprint density at radius 2 is 2.00 bits per heavy atom. The molecule has 1 aromatic rings. The van der Waals surface area contributed by atoms with E-state index in [1.165, 1.54) is 19.2 Å². The van der Waals surface area contributed by atoms with Crippen molar-refractivity contribution in [2.24, 2.45) is 0 Å². The predicted octanol–water partition coefficient (Wildman–Crippen LogP) is 0.904. The summed E-state index contributed by atoms with van der Waals surface area (Å²) in [4.78, 5) is 13.7. The first-order valence-corrected chi connectivity index (χ1v) is 8.34. The lowest BCUT2D eigenvalue weighted by Crippen LogP contribution is -2.38. The molecule has 21 heavy (non-hydrogen) atoms. The molecule has 0 aromatic heterocycles. The Balaban J connectivity index is 2.04. The van der Waals surface area contributed by atoms with Gasteiger partial charge in [0, 0.05) is 13.1 Å². The summed E-state index contributed by atoms with van der Waals surface area (Å²) in [5.74, 6) is 0.448. The second-order valence-corrected chi connectivity index (χ2v) is 6.81. The maximum absolute atomic E-state index is 12.2. The fourth-order valence-electron chi connectivity index (χ4n) is 2.34. The quantitative estimate of drug-likeness (QED) is 0.876. The lowest BCUT2D eigenvalue weighted by atomic mass is 10.2. The Hall–Kier alpha value is -1.60. The van der Waals surface area contributed by atoms with Crippen molar-refractivity contribution < 1.29 is 17.9 Å². The zero-order valence-electron chi connectivity index (χ0n) is 12.3. The lowest BCUT2D eigenvalue weighted by Gasteiger charge is -2.15. The Bertz CT molecular complexity index is 622. The van der Waals surface area contributed by atoms with E-state index in [1.54, 1.807) is 17.9 Å². The highest BCUT2D eigenvalue weighted by Gasteiger charge is 2.21. The van der Waals surface area contributed by atoms with E-state index in [2.05, 4.69) is 4.72 Å². The number of hydrogen-bond acceptors (Lipinski definition) is 4. The van der Waals surface area contributed by atoms with Crippen LogP contribution in [-0.4, -0.2) is 46.0 Å². The van der Waals surface area contributed by atoms with Gasteiger partial charge in [-0.3, -0.25) is 4.79 Å². The zero-order valence-corrected chi connectivity index (χ0v) is 13.1. The number of aryl methyl sites for hydroxylation is 1. The summed E-state index contributed by atoms with van der Waals surface area (Å²) in [5.41, 5.74) is 0.728. The second kappa shape index (κ2) is 6.44. The molecule has 1 aromatic carbocycles. The number of nitrogens with one attached hydrogen (secondary N) is 1. The van der Waals surface area contributed by atoms with Crippen LogP contribution in [0.15, 0.2) is 23.1 Å². The molecule has 1 aliphatic rings. The molecule has 0 saturated carbocycles. The van der Waals surface area contributed by atoms with Crippen LogP contribution >= 0.6 is 0 Å². The third kappa shape index (κ3) is 3.74. The number of rotatable bonds is 5. The van der Waals surface area contributed by atoms with Crippen LogP contribution in [0.3, 0.4) is 0 Å². The van der Waals surface area contributed by atoms with Crippen molar-refractivity contribution in [2.45, 2.75) is 24.7 Å². The van der Waals surface area contributed by atoms with Crippen LogP contribution in [0.4, 0.5) is 0 Å². The molecule has 1 aliphatic heterocycles. The molecular weight excluding hydrogens is 292 g/mol. The third-order valence-electron chi connectivity index (χ3n) is 3.55. The summed E-state index contributed by atoms with van der Waals surface area (Å²) in [6.07, 6.45) is 1.96. The smallest absolute Gasteiger partial charge is 0.241 e. The Morgan fingerprint density at radius 3 is 2.57 bits per heavy atom. The number of carbonyl (C=O) groups is 1. The molecule has 0 bridgehead atoms. The maximum Gasteiger partial charge on any atom is 0.241 e. The van der Waals surface area contributed by atoms with Crippen LogP contribution in [0.1, 0.15) is 18.4 Å². The van der Waals surface area contributed by atoms with Crippen LogP contribution in [-0.2, 0) is 14.8 Å². The molecule has 0 aliphatic carbocycles. The van der Waals surface area contributed by atoms with Gasteiger partial charge in [0.25, 0.3) is 0 Å². The van der Waals surface area contributed by atoms with Gasteiger partial charge < -0.3 is 9.64 Å². The predicted molar refractivity (Wildman–Crippen MR) is 78.7 cm³/mol. The van der Waals surface area contributed by atoms with E-state index in [4.69, 9.17) is 4.74 Å². The fraction of sp³-hybridized carbons (Fsp3) is 0.500. The van der Waals surface area contributed by atoms with Crippen molar-refractivity contribution in [3.8, 4) is 5.75 Å². The summed E-state index contributed by atoms with van der Waals surface area (Å²) in [7, 11) is -2.15. The third-order valence-corrected chi connectivity index (χ3v) is 4.95. The van der Waals surface area contributed by atoms with Crippen molar-refractivity contribution >= 4 is 15.9 Å². The standard InChI is InChI=1S/C14H20N2O4S/c1-11-9-12(5-6-13(11)20-2)21(18,19)15-10-14(17)16-7-3-4-8-16/h5-6,9,15H,3-4,7-8,10H2,1-2H3. The largest absolute Gasteiger partial charge is 0.496 e. The number of ether oxygens (including phenoxy) is 1. The molecule has 116 valence electrons. The van der Waals surface area contributed by atoms with Gasteiger partial charge in [-0.25, -0.2) is 13.1 Å². The first-order valence-electron chi connectivity index (χ1n) is 6.86. The van der Waals surface area contributed by atoms with Crippen LogP contribution in [0.5, 0.6) is 5.75 Å². The molecule has 1 amide bonds. The molecule has 0 radical (unpaired) electrons. The number of likely N-dealkylation sites (tertiary alicyclic amines) is 1. The molecule has 0 spiro atoms. The molecule has 6 nitrogen and oxygen atoms in total. The number of nitrogens with zero attached hydrogens (tertiary/aromatic N) is 1. The normalized spacial score (nSPS) is 15.2.